The highest BCUT2D eigenvalue weighted by molar-refractivity contribution is 7.13. The second kappa shape index (κ2) is 5.61. The number of nitrogens with zero attached hydrogens (tertiary/aromatic N) is 3. The zero-order valence-electron chi connectivity index (χ0n) is 9.81. The Morgan fingerprint density at radius 2 is 2.16 bits per heavy atom. The van der Waals surface area contributed by atoms with Crippen LogP contribution in [-0.4, -0.2) is 37.1 Å². The van der Waals surface area contributed by atoms with Crippen LogP contribution in [-0.2, 0) is 11.3 Å². The van der Waals surface area contributed by atoms with Gasteiger partial charge in [0.1, 0.15) is 5.69 Å². The summed E-state index contributed by atoms with van der Waals surface area (Å²) < 4.78 is 1.44. The summed E-state index contributed by atoms with van der Waals surface area (Å²) in [6.07, 6.45) is 0.377. The van der Waals surface area contributed by atoms with E-state index in [1.165, 1.54) is 16.0 Å². The summed E-state index contributed by atoms with van der Waals surface area (Å²) in [7, 11) is 0. The number of aromatic nitrogens is 3. The van der Waals surface area contributed by atoms with Crippen LogP contribution in [0.15, 0.2) is 17.5 Å². The number of carbonyl (C=O) groups is 2. The summed E-state index contributed by atoms with van der Waals surface area (Å²) in [6, 6.07) is 3.59. The minimum Gasteiger partial charge on any atom is -0.481 e. The molecule has 8 heteroatoms. The van der Waals surface area contributed by atoms with Gasteiger partial charge in [0.05, 0.1) is 4.88 Å². The van der Waals surface area contributed by atoms with Crippen molar-refractivity contribution in [3.05, 3.63) is 23.2 Å². The van der Waals surface area contributed by atoms with Crippen LogP contribution in [0.2, 0.25) is 0 Å². The minimum atomic E-state index is -1.15. The lowest BCUT2D eigenvalue weighted by atomic mass is 10.2. The summed E-state index contributed by atoms with van der Waals surface area (Å²) in [4.78, 5) is 22.3. The van der Waals surface area contributed by atoms with Gasteiger partial charge in [0.15, 0.2) is 5.69 Å². The van der Waals surface area contributed by atoms with Crippen LogP contribution in [0.1, 0.15) is 23.3 Å². The third-order valence-corrected chi connectivity index (χ3v) is 3.33. The van der Waals surface area contributed by atoms with E-state index in [1.807, 2.05) is 5.38 Å². The Morgan fingerprint density at radius 1 is 1.37 bits per heavy atom. The van der Waals surface area contributed by atoms with Crippen molar-refractivity contribution in [1.29, 1.82) is 0 Å². The average molecular weight is 281 g/mol. The number of carboxylic acids is 2. The summed E-state index contributed by atoms with van der Waals surface area (Å²) in [5, 5.41) is 26.9. The molecule has 2 N–H and O–H groups in total. The molecule has 19 heavy (non-hydrogen) atoms. The van der Waals surface area contributed by atoms with Gasteiger partial charge >= 0.3 is 11.9 Å². The fourth-order valence-corrected chi connectivity index (χ4v) is 2.43. The first-order chi connectivity index (χ1) is 9.09. The maximum absolute atomic E-state index is 11.1. The lowest BCUT2D eigenvalue weighted by molar-refractivity contribution is -0.137. The molecule has 0 radical (unpaired) electrons. The van der Waals surface area contributed by atoms with E-state index in [9.17, 15) is 9.59 Å². The van der Waals surface area contributed by atoms with Crippen LogP contribution in [0.3, 0.4) is 0 Å². The minimum absolute atomic E-state index is 0.00610. The molecule has 0 aliphatic rings. The zero-order valence-corrected chi connectivity index (χ0v) is 10.6. The smallest absolute Gasteiger partial charge is 0.358 e. The summed E-state index contributed by atoms with van der Waals surface area (Å²) in [5.74, 6) is -2.04. The van der Waals surface area contributed by atoms with Crippen LogP contribution < -0.4 is 0 Å². The van der Waals surface area contributed by atoms with Gasteiger partial charge in [0.2, 0.25) is 0 Å². The van der Waals surface area contributed by atoms with Crippen molar-refractivity contribution in [2.45, 2.75) is 19.4 Å². The van der Waals surface area contributed by atoms with Crippen LogP contribution in [0.4, 0.5) is 0 Å². The second-order valence-corrected chi connectivity index (χ2v) is 4.74. The van der Waals surface area contributed by atoms with E-state index >= 15 is 0 Å². The Hall–Kier alpha value is -2.22. The Bertz CT molecular complexity index is 591. The zero-order chi connectivity index (χ0) is 13.8. The molecule has 0 aromatic carbocycles. The van der Waals surface area contributed by atoms with Crippen molar-refractivity contribution in [1.82, 2.24) is 15.0 Å². The molecular weight excluding hydrogens is 270 g/mol. The van der Waals surface area contributed by atoms with Gasteiger partial charge in [-0.25, -0.2) is 9.48 Å². The Balaban J connectivity index is 2.28. The topological polar surface area (TPSA) is 105 Å². The summed E-state index contributed by atoms with van der Waals surface area (Å²) in [5.41, 5.74) is 0.311. The third-order valence-electron chi connectivity index (χ3n) is 2.45. The molecule has 2 rings (SSSR count). The summed E-state index contributed by atoms with van der Waals surface area (Å²) in [6.45, 7) is 0.319. The SMILES string of the molecule is O=C(O)CCCn1nnc(C(=O)O)c1-c1cccs1. The predicted octanol–water partition coefficient (Wildman–Crippen LogP) is 1.57. The van der Waals surface area contributed by atoms with Gasteiger partial charge in [-0.3, -0.25) is 4.79 Å². The lowest BCUT2D eigenvalue weighted by Crippen LogP contribution is -2.06. The number of hydrogen-bond donors (Lipinski definition) is 2. The Labute approximate surface area is 112 Å². The molecule has 100 valence electrons. The molecule has 0 fully saturated rings. The van der Waals surface area contributed by atoms with Crippen molar-refractivity contribution in [2.75, 3.05) is 0 Å². The normalized spacial score (nSPS) is 10.5. The van der Waals surface area contributed by atoms with Crippen molar-refractivity contribution in [2.24, 2.45) is 0 Å². The largest absolute Gasteiger partial charge is 0.481 e. The monoisotopic (exact) mass is 281 g/mol. The van der Waals surface area contributed by atoms with Gasteiger partial charge < -0.3 is 10.2 Å². The first-order valence-corrected chi connectivity index (χ1v) is 6.40. The maximum Gasteiger partial charge on any atom is 0.358 e. The number of carboxylic acid groups (broad SMARTS) is 2. The average Bonchev–Trinajstić information content (AvgIpc) is 2.94. The number of aliphatic carboxylic acids is 1. The Kier molecular flexibility index (Phi) is 3.91. The van der Waals surface area contributed by atoms with Crippen LogP contribution in [0.5, 0.6) is 0 Å². The van der Waals surface area contributed by atoms with E-state index in [4.69, 9.17) is 10.2 Å². The third kappa shape index (κ3) is 2.97. The van der Waals surface area contributed by atoms with Gasteiger partial charge in [-0.15, -0.1) is 16.4 Å². The van der Waals surface area contributed by atoms with Crippen molar-refractivity contribution in [3.8, 4) is 10.6 Å². The first-order valence-electron chi connectivity index (χ1n) is 5.52. The van der Waals surface area contributed by atoms with Crippen molar-refractivity contribution >= 4 is 23.3 Å². The molecule has 0 amide bonds. The quantitative estimate of drug-likeness (QED) is 0.832. The van der Waals surface area contributed by atoms with E-state index in [2.05, 4.69) is 10.3 Å². The van der Waals surface area contributed by atoms with Crippen molar-refractivity contribution < 1.29 is 19.8 Å². The van der Waals surface area contributed by atoms with Gasteiger partial charge in [-0.05, 0) is 17.9 Å². The number of hydrogen-bond acceptors (Lipinski definition) is 5. The molecule has 0 aliphatic heterocycles. The molecule has 7 nitrogen and oxygen atoms in total. The van der Waals surface area contributed by atoms with Gasteiger partial charge in [0.25, 0.3) is 0 Å². The highest BCUT2D eigenvalue weighted by Crippen LogP contribution is 2.27. The van der Waals surface area contributed by atoms with Gasteiger partial charge in [0, 0.05) is 13.0 Å². The van der Waals surface area contributed by atoms with E-state index in [0.717, 1.165) is 4.88 Å². The Morgan fingerprint density at radius 3 is 2.74 bits per heavy atom. The van der Waals surface area contributed by atoms with Gasteiger partial charge in [-0.1, -0.05) is 11.3 Å². The molecule has 2 aromatic rings. The number of aryl methyl sites for hydroxylation is 1. The fourth-order valence-electron chi connectivity index (χ4n) is 1.65. The molecule has 0 atom stereocenters. The summed E-state index contributed by atoms with van der Waals surface area (Å²) >= 11 is 1.39. The molecular formula is C11H11N3O4S. The number of rotatable bonds is 6. The van der Waals surface area contributed by atoms with E-state index in [-0.39, 0.29) is 12.1 Å². The molecule has 0 unspecified atom stereocenters. The van der Waals surface area contributed by atoms with Crippen LogP contribution >= 0.6 is 11.3 Å². The maximum atomic E-state index is 11.1. The molecule has 2 aromatic heterocycles. The predicted molar refractivity (Wildman–Crippen MR) is 67.2 cm³/mol. The van der Waals surface area contributed by atoms with Crippen molar-refractivity contribution in [3.63, 3.8) is 0 Å². The molecule has 2 heterocycles. The number of thiophene rings is 1. The lowest BCUT2D eigenvalue weighted by Gasteiger charge is -2.04. The standard InChI is InChI=1S/C11H11N3O4S/c15-8(16)4-1-5-14-10(7-3-2-6-19-7)9(11(17)18)12-13-14/h2-3,6H,1,4-5H2,(H,15,16)(H,17,18). The highest BCUT2D eigenvalue weighted by Gasteiger charge is 2.21. The van der Waals surface area contributed by atoms with Gasteiger partial charge in [-0.2, -0.15) is 0 Å². The second-order valence-electron chi connectivity index (χ2n) is 3.79. The highest BCUT2D eigenvalue weighted by atomic mass is 32.1. The number of aromatic carboxylic acids is 1. The fraction of sp³-hybridized carbons (Fsp3) is 0.273. The molecule has 0 saturated carbocycles. The van der Waals surface area contributed by atoms with Crippen LogP contribution in [0.25, 0.3) is 10.6 Å². The van der Waals surface area contributed by atoms with E-state index in [1.54, 1.807) is 12.1 Å². The molecule has 0 spiro atoms. The van der Waals surface area contributed by atoms with E-state index in [0.29, 0.717) is 18.7 Å². The molecule has 0 aliphatic carbocycles. The molecule has 0 bridgehead atoms. The first kappa shape index (κ1) is 13.2. The molecule has 0 saturated heterocycles. The van der Waals surface area contributed by atoms with E-state index < -0.39 is 11.9 Å². The van der Waals surface area contributed by atoms with Crippen LogP contribution in [0, 0.1) is 0 Å².